The van der Waals surface area contributed by atoms with Crippen LogP contribution in [0.25, 0.3) is 0 Å². The van der Waals surface area contributed by atoms with Crippen LogP contribution in [0.3, 0.4) is 0 Å². The van der Waals surface area contributed by atoms with E-state index in [9.17, 15) is 0 Å². The topological polar surface area (TPSA) is 52.0 Å². The van der Waals surface area contributed by atoms with Crippen LogP contribution in [0.2, 0.25) is 0 Å². The largest absolute Gasteiger partial charge is 0.481 e. The zero-order valence-electron chi connectivity index (χ0n) is 11.6. The van der Waals surface area contributed by atoms with Gasteiger partial charge < -0.3 is 10.1 Å². The van der Waals surface area contributed by atoms with Crippen molar-refractivity contribution in [2.24, 2.45) is 7.05 Å². The molecule has 5 heteroatoms. The molecule has 0 amide bonds. The van der Waals surface area contributed by atoms with E-state index in [2.05, 4.69) is 28.4 Å². The molecule has 1 atom stereocenters. The lowest BCUT2D eigenvalue weighted by Gasteiger charge is -2.19. The van der Waals surface area contributed by atoms with Gasteiger partial charge in [0.2, 0.25) is 5.88 Å². The molecule has 2 rings (SSSR count). The van der Waals surface area contributed by atoms with Crippen LogP contribution in [-0.2, 0) is 13.5 Å². The van der Waals surface area contributed by atoms with Gasteiger partial charge in [-0.3, -0.25) is 4.68 Å². The molecule has 2 aromatic heterocycles. The predicted molar refractivity (Wildman–Crippen MR) is 74.1 cm³/mol. The van der Waals surface area contributed by atoms with Crippen molar-refractivity contribution in [3.63, 3.8) is 0 Å². The number of methoxy groups -OCH3 is 1. The van der Waals surface area contributed by atoms with Gasteiger partial charge in [0.05, 0.1) is 13.3 Å². The number of nitrogens with one attached hydrogen (secondary N) is 1. The maximum atomic E-state index is 5.34. The number of nitrogens with zero attached hydrogens (tertiary/aromatic N) is 3. The summed E-state index contributed by atoms with van der Waals surface area (Å²) >= 11 is 0. The van der Waals surface area contributed by atoms with Crippen LogP contribution >= 0.6 is 0 Å². The van der Waals surface area contributed by atoms with E-state index in [1.807, 2.05) is 30.2 Å². The molecule has 0 saturated heterocycles. The van der Waals surface area contributed by atoms with Crippen molar-refractivity contribution in [1.82, 2.24) is 20.1 Å². The number of rotatable bonds is 6. The Hall–Kier alpha value is -1.88. The summed E-state index contributed by atoms with van der Waals surface area (Å²) in [7, 11) is 3.58. The molecule has 0 fully saturated rings. The Morgan fingerprint density at radius 3 is 2.95 bits per heavy atom. The molecule has 0 bridgehead atoms. The monoisotopic (exact) mass is 260 g/mol. The van der Waals surface area contributed by atoms with Crippen molar-refractivity contribution in [3.05, 3.63) is 41.9 Å². The van der Waals surface area contributed by atoms with Gasteiger partial charge >= 0.3 is 0 Å². The summed E-state index contributed by atoms with van der Waals surface area (Å²) < 4.78 is 7.16. The number of aromatic nitrogens is 3. The first-order valence-corrected chi connectivity index (χ1v) is 6.44. The average Bonchev–Trinajstić information content (AvgIpc) is 2.84. The summed E-state index contributed by atoms with van der Waals surface area (Å²) in [6.45, 7) is 2.99. The van der Waals surface area contributed by atoms with Crippen molar-refractivity contribution in [3.8, 4) is 5.88 Å². The van der Waals surface area contributed by atoms with Gasteiger partial charge in [0.1, 0.15) is 0 Å². The van der Waals surface area contributed by atoms with Gasteiger partial charge in [-0.2, -0.15) is 5.10 Å². The first kappa shape index (κ1) is 13.5. The van der Waals surface area contributed by atoms with Gasteiger partial charge in [-0.15, -0.1) is 0 Å². The van der Waals surface area contributed by atoms with Crippen molar-refractivity contribution in [2.75, 3.05) is 13.7 Å². The lowest BCUT2D eigenvalue weighted by atomic mass is 10.0. The Bertz CT molecular complexity index is 524. The lowest BCUT2D eigenvalue weighted by molar-refractivity contribution is 0.382. The number of pyridine rings is 1. The Balaban J connectivity index is 2.23. The first-order valence-electron chi connectivity index (χ1n) is 6.44. The van der Waals surface area contributed by atoms with E-state index in [4.69, 9.17) is 4.74 Å². The summed E-state index contributed by atoms with van der Waals surface area (Å²) in [5, 5.41) is 7.68. The molecule has 102 valence electrons. The zero-order chi connectivity index (χ0) is 13.7. The van der Waals surface area contributed by atoms with Crippen molar-refractivity contribution >= 4 is 0 Å². The molecule has 0 aromatic carbocycles. The number of likely N-dealkylation sites (N-methyl/N-ethyl adjacent to an activating group) is 1. The quantitative estimate of drug-likeness (QED) is 0.859. The van der Waals surface area contributed by atoms with Crippen LogP contribution in [0.1, 0.15) is 24.1 Å². The van der Waals surface area contributed by atoms with Crippen LogP contribution in [0.5, 0.6) is 5.88 Å². The SMILES string of the molecule is CCNC(Cc1cnn(C)c1)c1cccnc1OC. The Kier molecular flexibility index (Phi) is 4.52. The van der Waals surface area contributed by atoms with Crippen LogP contribution in [0.4, 0.5) is 0 Å². The average molecular weight is 260 g/mol. The van der Waals surface area contributed by atoms with Gasteiger partial charge in [0.15, 0.2) is 0 Å². The maximum absolute atomic E-state index is 5.34. The highest BCUT2D eigenvalue weighted by Crippen LogP contribution is 2.25. The van der Waals surface area contributed by atoms with E-state index in [-0.39, 0.29) is 6.04 Å². The number of hydrogen-bond donors (Lipinski definition) is 1. The molecule has 0 aliphatic rings. The van der Waals surface area contributed by atoms with E-state index >= 15 is 0 Å². The zero-order valence-corrected chi connectivity index (χ0v) is 11.6. The van der Waals surface area contributed by atoms with E-state index in [1.54, 1.807) is 13.3 Å². The second-order valence-electron chi connectivity index (χ2n) is 4.44. The third-order valence-electron chi connectivity index (χ3n) is 3.02. The van der Waals surface area contributed by atoms with E-state index in [0.717, 1.165) is 18.5 Å². The van der Waals surface area contributed by atoms with Crippen molar-refractivity contribution < 1.29 is 4.74 Å². The third-order valence-corrected chi connectivity index (χ3v) is 3.02. The van der Waals surface area contributed by atoms with E-state index < -0.39 is 0 Å². The van der Waals surface area contributed by atoms with Crippen LogP contribution < -0.4 is 10.1 Å². The van der Waals surface area contributed by atoms with Crippen LogP contribution in [-0.4, -0.2) is 28.4 Å². The van der Waals surface area contributed by atoms with Crippen LogP contribution in [0.15, 0.2) is 30.7 Å². The standard InChI is InChI=1S/C14H20N4O/c1-4-15-13(8-11-9-17-18(2)10-11)12-6-5-7-16-14(12)19-3/h5-7,9-10,13,15H,4,8H2,1-3H3. The summed E-state index contributed by atoms with van der Waals surface area (Å²) in [5.41, 5.74) is 2.27. The molecular formula is C14H20N4O. The molecule has 2 aromatic rings. The van der Waals surface area contributed by atoms with Gasteiger partial charge in [-0.25, -0.2) is 4.98 Å². The Morgan fingerprint density at radius 1 is 1.47 bits per heavy atom. The number of ether oxygens (including phenoxy) is 1. The van der Waals surface area contributed by atoms with Gasteiger partial charge in [0, 0.05) is 31.0 Å². The van der Waals surface area contributed by atoms with Gasteiger partial charge in [0.25, 0.3) is 0 Å². The molecule has 0 aliphatic heterocycles. The highest BCUT2D eigenvalue weighted by Gasteiger charge is 2.17. The molecule has 2 heterocycles. The second-order valence-corrected chi connectivity index (χ2v) is 4.44. The number of aryl methyl sites for hydroxylation is 1. The minimum absolute atomic E-state index is 0.179. The third kappa shape index (κ3) is 3.32. The minimum Gasteiger partial charge on any atom is -0.481 e. The molecule has 0 spiro atoms. The highest BCUT2D eigenvalue weighted by atomic mass is 16.5. The van der Waals surface area contributed by atoms with Gasteiger partial charge in [-0.1, -0.05) is 13.0 Å². The normalized spacial score (nSPS) is 12.4. The summed E-state index contributed by atoms with van der Waals surface area (Å²) in [5.74, 6) is 0.678. The summed E-state index contributed by atoms with van der Waals surface area (Å²) in [6, 6.07) is 4.17. The maximum Gasteiger partial charge on any atom is 0.217 e. The van der Waals surface area contributed by atoms with Crippen LogP contribution in [0, 0.1) is 0 Å². The predicted octanol–water partition coefficient (Wildman–Crippen LogP) is 1.72. The molecule has 0 saturated carbocycles. The molecule has 19 heavy (non-hydrogen) atoms. The van der Waals surface area contributed by atoms with Crippen molar-refractivity contribution in [2.45, 2.75) is 19.4 Å². The fraction of sp³-hybridized carbons (Fsp3) is 0.429. The van der Waals surface area contributed by atoms with Crippen molar-refractivity contribution in [1.29, 1.82) is 0 Å². The number of hydrogen-bond acceptors (Lipinski definition) is 4. The molecule has 0 radical (unpaired) electrons. The van der Waals surface area contributed by atoms with E-state index in [1.165, 1.54) is 5.56 Å². The Morgan fingerprint density at radius 2 is 2.32 bits per heavy atom. The molecule has 1 N–H and O–H groups in total. The van der Waals surface area contributed by atoms with E-state index in [0.29, 0.717) is 5.88 Å². The summed E-state index contributed by atoms with van der Waals surface area (Å²) in [4.78, 5) is 4.26. The minimum atomic E-state index is 0.179. The van der Waals surface area contributed by atoms with Gasteiger partial charge in [-0.05, 0) is 24.6 Å². The molecule has 1 unspecified atom stereocenters. The Labute approximate surface area is 113 Å². The lowest BCUT2D eigenvalue weighted by Crippen LogP contribution is -2.23. The molecule has 5 nitrogen and oxygen atoms in total. The molecule has 0 aliphatic carbocycles. The first-order chi connectivity index (χ1) is 9.24. The fourth-order valence-corrected chi connectivity index (χ4v) is 2.19. The smallest absolute Gasteiger partial charge is 0.217 e. The second kappa shape index (κ2) is 6.33. The highest BCUT2D eigenvalue weighted by molar-refractivity contribution is 5.30. The fourth-order valence-electron chi connectivity index (χ4n) is 2.19. The molecular weight excluding hydrogens is 240 g/mol. The summed E-state index contributed by atoms with van der Waals surface area (Å²) in [6.07, 6.45) is 6.54.